The van der Waals surface area contributed by atoms with Crippen LogP contribution < -0.4 is 20.3 Å². The van der Waals surface area contributed by atoms with Gasteiger partial charge in [-0.25, -0.2) is 4.98 Å². The Morgan fingerprint density at radius 1 is 1.07 bits per heavy atom. The van der Waals surface area contributed by atoms with E-state index in [-0.39, 0.29) is 31.1 Å². The minimum Gasteiger partial charge on any atom is -0.493 e. The molecule has 0 saturated heterocycles. The van der Waals surface area contributed by atoms with Crippen molar-refractivity contribution in [3.8, 4) is 11.5 Å². The highest BCUT2D eigenvalue weighted by Gasteiger charge is 2.17. The standard InChI is InChI=1S/C21H23N3O5/c1-27-11-10-24-19(23-16-7-5-4-6-15(16)21(24)26)20(25)22-13-14-8-9-17(28-2)18(12-14)29-3/h4-9,12H,10-11,13H2,1-3H3,(H,22,25). The van der Waals surface area contributed by atoms with Gasteiger partial charge in [-0.3, -0.25) is 14.2 Å². The molecule has 0 bridgehead atoms. The fourth-order valence-corrected chi connectivity index (χ4v) is 2.98. The van der Waals surface area contributed by atoms with Crippen molar-refractivity contribution < 1.29 is 19.0 Å². The number of nitrogens with one attached hydrogen (secondary N) is 1. The lowest BCUT2D eigenvalue weighted by atomic mass is 10.2. The summed E-state index contributed by atoms with van der Waals surface area (Å²) in [5.41, 5.74) is 1.02. The van der Waals surface area contributed by atoms with Crippen molar-refractivity contribution in [3.05, 3.63) is 64.2 Å². The Labute approximate surface area is 168 Å². The molecule has 3 rings (SSSR count). The van der Waals surface area contributed by atoms with Crippen molar-refractivity contribution in [2.45, 2.75) is 13.1 Å². The fourth-order valence-electron chi connectivity index (χ4n) is 2.98. The van der Waals surface area contributed by atoms with Gasteiger partial charge in [0.05, 0.1) is 38.3 Å². The van der Waals surface area contributed by atoms with E-state index in [9.17, 15) is 9.59 Å². The Morgan fingerprint density at radius 3 is 2.55 bits per heavy atom. The molecular weight excluding hydrogens is 374 g/mol. The van der Waals surface area contributed by atoms with Crippen molar-refractivity contribution in [1.29, 1.82) is 0 Å². The summed E-state index contributed by atoms with van der Waals surface area (Å²) in [7, 11) is 4.65. The highest BCUT2D eigenvalue weighted by Crippen LogP contribution is 2.27. The summed E-state index contributed by atoms with van der Waals surface area (Å²) in [5, 5.41) is 3.27. The molecule has 8 nitrogen and oxygen atoms in total. The number of fused-ring (bicyclic) bond motifs is 1. The number of carbonyl (C=O) groups is 1. The van der Waals surface area contributed by atoms with E-state index in [1.165, 1.54) is 11.7 Å². The summed E-state index contributed by atoms with van der Waals surface area (Å²) >= 11 is 0. The maximum Gasteiger partial charge on any atom is 0.287 e. The molecule has 1 amide bonds. The van der Waals surface area contributed by atoms with Crippen LogP contribution in [0.15, 0.2) is 47.3 Å². The van der Waals surface area contributed by atoms with Gasteiger partial charge in [-0.1, -0.05) is 18.2 Å². The average Bonchev–Trinajstić information content (AvgIpc) is 2.76. The lowest BCUT2D eigenvalue weighted by Crippen LogP contribution is -2.34. The number of hydrogen-bond donors (Lipinski definition) is 1. The van der Waals surface area contributed by atoms with E-state index in [0.717, 1.165) is 5.56 Å². The summed E-state index contributed by atoms with van der Waals surface area (Å²) in [6.07, 6.45) is 0. The first kappa shape index (κ1) is 20.3. The van der Waals surface area contributed by atoms with Crippen LogP contribution in [0.2, 0.25) is 0 Å². The van der Waals surface area contributed by atoms with Gasteiger partial charge in [0, 0.05) is 13.7 Å². The van der Waals surface area contributed by atoms with Crippen LogP contribution >= 0.6 is 0 Å². The second kappa shape index (κ2) is 9.20. The van der Waals surface area contributed by atoms with E-state index in [4.69, 9.17) is 14.2 Å². The van der Waals surface area contributed by atoms with Crippen LogP contribution in [0.5, 0.6) is 11.5 Å². The molecule has 0 saturated carbocycles. The largest absolute Gasteiger partial charge is 0.493 e. The van der Waals surface area contributed by atoms with Gasteiger partial charge in [-0.05, 0) is 29.8 Å². The highest BCUT2D eigenvalue weighted by molar-refractivity contribution is 5.93. The Hall–Kier alpha value is -3.39. The summed E-state index contributed by atoms with van der Waals surface area (Å²) < 4.78 is 16.9. The topological polar surface area (TPSA) is 91.7 Å². The lowest BCUT2D eigenvalue weighted by Gasteiger charge is -2.14. The molecule has 0 aliphatic carbocycles. The van der Waals surface area contributed by atoms with E-state index < -0.39 is 5.91 Å². The molecule has 0 spiro atoms. The Morgan fingerprint density at radius 2 is 1.83 bits per heavy atom. The molecule has 0 radical (unpaired) electrons. The first-order chi connectivity index (χ1) is 14.1. The van der Waals surface area contributed by atoms with Gasteiger partial charge in [0.2, 0.25) is 5.82 Å². The third-order valence-electron chi connectivity index (χ3n) is 4.48. The zero-order valence-corrected chi connectivity index (χ0v) is 16.6. The summed E-state index contributed by atoms with van der Waals surface area (Å²) in [6, 6.07) is 12.3. The minimum atomic E-state index is -0.446. The average molecular weight is 397 g/mol. The molecule has 29 heavy (non-hydrogen) atoms. The van der Waals surface area contributed by atoms with Crippen LogP contribution in [0.3, 0.4) is 0 Å². The first-order valence-corrected chi connectivity index (χ1v) is 9.06. The van der Waals surface area contributed by atoms with Crippen molar-refractivity contribution in [3.63, 3.8) is 0 Å². The molecule has 0 aliphatic rings. The van der Waals surface area contributed by atoms with E-state index in [2.05, 4.69) is 10.3 Å². The molecule has 2 aromatic carbocycles. The van der Waals surface area contributed by atoms with Crippen LogP contribution in [0.25, 0.3) is 10.9 Å². The Bertz CT molecular complexity index is 1080. The van der Waals surface area contributed by atoms with Gasteiger partial charge < -0.3 is 19.5 Å². The van der Waals surface area contributed by atoms with Gasteiger partial charge in [0.25, 0.3) is 11.5 Å². The third-order valence-corrected chi connectivity index (χ3v) is 4.48. The normalized spacial score (nSPS) is 10.7. The van der Waals surface area contributed by atoms with Crippen molar-refractivity contribution >= 4 is 16.8 Å². The molecule has 8 heteroatoms. The van der Waals surface area contributed by atoms with Gasteiger partial charge >= 0.3 is 0 Å². The van der Waals surface area contributed by atoms with Crippen molar-refractivity contribution in [1.82, 2.24) is 14.9 Å². The number of para-hydroxylation sites is 1. The predicted octanol–water partition coefficient (Wildman–Crippen LogP) is 1.99. The maximum absolute atomic E-state index is 12.8. The highest BCUT2D eigenvalue weighted by atomic mass is 16.5. The van der Waals surface area contributed by atoms with Crippen LogP contribution in [0, 0.1) is 0 Å². The number of methoxy groups -OCH3 is 3. The number of carbonyl (C=O) groups excluding carboxylic acids is 1. The van der Waals surface area contributed by atoms with Gasteiger partial charge in [-0.2, -0.15) is 0 Å². The van der Waals surface area contributed by atoms with Crippen molar-refractivity contribution in [2.75, 3.05) is 27.9 Å². The molecular formula is C21H23N3O5. The number of hydrogen-bond acceptors (Lipinski definition) is 6. The SMILES string of the molecule is COCCn1c(C(=O)NCc2ccc(OC)c(OC)c2)nc2ccccc2c1=O. The molecule has 0 aliphatic heterocycles. The molecule has 0 fully saturated rings. The number of ether oxygens (including phenoxy) is 3. The number of amides is 1. The van der Waals surface area contributed by atoms with E-state index in [0.29, 0.717) is 22.4 Å². The van der Waals surface area contributed by atoms with E-state index in [1.807, 2.05) is 6.07 Å². The molecule has 1 aromatic heterocycles. The van der Waals surface area contributed by atoms with Gasteiger partial charge in [0.15, 0.2) is 11.5 Å². The fraction of sp³-hybridized carbons (Fsp3) is 0.286. The summed E-state index contributed by atoms with van der Waals surface area (Å²) in [4.78, 5) is 30.1. The van der Waals surface area contributed by atoms with Crippen LogP contribution in [0.4, 0.5) is 0 Å². The number of aromatic nitrogens is 2. The van der Waals surface area contributed by atoms with Crippen molar-refractivity contribution in [2.24, 2.45) is 0 Å². The maximum atomic E-state index is 12.8. The van der Waals surface area contributed by atoms with Crippen LogP contribution in [-0.4, -0.2) is 43.4 Å². The quantitative estimate of drug-likeness (QED) is 0.625. The number of nitrogens with zero attached hydrogens (tertiary/aromatic N) is 2. The minimum absolute atomic E-state index is 0.0474. The number of benzene rings is 2. The molecule has 3 aromatic rings. The van der Waals surface area contributed by atoms with Crippen LogP contribution in [0.1, 0.15) is 16.2 Å². The summed E-state index contributed by atoms with van der Waals surface area (Å²) in [5.74, 6) is 0.775. The monoisotopic (exact) mass is 397 g/mol. The van der Waals surface area contributed by atoms with E-state index in [1.54, 1.807) is 50.6 Å². The second-order valence-electron chi connectivity index (χ2n) is 6.27. The Balaban J connectivity index is 1.89. The third kappa shape index (κ3) is 4.38. The van der Waals surface area contributed by atoms with Crippen LogP contribution in [-0.2, 0) is 17.8 Å². The molecule has 0 atom stereocenters. The predicted molar refractivity (Wildman–Crippen MR) is 109 cm³/mol. The molecule has 152 valence electrons. The van der Waals surface area contributed by atoms with Gasteiger partial charge in [-0.15, -0.1) is 0 Å². The molecule has 1 N–H and O–H groups in total. The summed E-state index contributed by atoms with van der Waals surface area (Å²) in [6.45, 7) is 0.758. The molecule has 0 unspecified atom stereocenters. The zero-order chi connectivity index (χ0) is 20.8. The lowest BCUT2D eigenvalue weighted by molar-refractivity contribution is 0.0931. The van der Waals surface area contributed by atoms with Gasteiger partial charge in [0.1, 0.15) is 0 Å². The second-order valence-corrected chi connectivity index (χ2v) is 6.27. The smallest absolute Gasteiger partial charge is 0.287 e. The molecule has 1 heterocycles. The van der Waals surface area contributed by atoms with E-state index >= 15 is 0 Å². The first-order valence-electron chi connectivity index (χ1n) is 9.06. The Kier molecular flexibility index (Phi) is 6.46. The number of rotatable bonds is 8. The zero-order valence-electron chi connectivity index (χ0n) is 16.6.